The van der Waals surface area contributed by atoms with Gasteiger partial charge >= 0.3 is 0 Å². The van der Waals surface area contributed by atoms with Crippen LogP contribution in [0.25, 0.3) is 0 Å². The van der Waals surface area contributed by atoms with Gasteiger partial charge in [-0.05, 0) is 36.7 Å². The summed E-state index contributed by atoms with van der Waals surface area (Å²) >= 11 is 0. The zero-order valence-electron chi connectivity index (χ0n) is 13.9. The predicted octanol–water partition coefficient (Wildman–Crippen LogP) is 1.77. The van der Waals surface area contributed by atoms with Gasteiger partial charge in [0.2, 0.25) is 11.8 Å². The van der Waals surface area contributed by atoms with Crippen molar-refractivity contribution in [3.8, 4) is 0 Å². The number of rotatable bonds is 4. The van der Waals surface area contributed by atoms with Crippen LogP contribution in [0.2, 0.25) is 0 Å². The summed E-state index contributed by atoms with van der Waals surface area (Å²) in [6.45, 7) is 8.91. The Kier molecular flexibility index (Phi) is 5.27. The third-order valence-corrected chi connectivity index (χ3v) is 4.88. The second-order valence-corrected chi connectivity index (χ2v) is 7.43. The Bertz CT molecular complexity index is 445. The van der Waals surface area contributed by atoms with Gasteiger partial charge in [0.15, 0.2) is 0 Å². The zero-order valence-corrected chi connectivity index (χ0v) is 13.9. The SMILES string of the molecule is CC(C)(C)C1CCN(C(=O)CCCN2C(=O)C=CC2O)CC1. The van der Waals surface area contributed by atoms with Crippen LogP contribution in [-0.2, 0) is 9.59 Å². The van der Waals surface area contributed by atoms with Crippen LogP contribution in [0.4, 0.5) is 0 Å². The first kappa shape index (κ1) is 17.0. The van der Waals surface area contributed by atoms with Gasteiger partial charge in [0, 0.05) is 32.1 Å². The number of likely N-dealkylation sites (tertiary alicyclic amines) is 1. The van der Waals surface area contributed by atoms with E-state index in [1.54, 1.807) is 0 Å². The number of piperidine rings is 1. The van der Waals surface area contributed by atoms with E-state index in [2.05, 4.69) is 20.8 Å². The lowest BCUT2D eigenvalue weighted by Crippen LogP contribution is -2.41. The van der Waals surface area contributed by atoms with Gasteiger partial charge in [-0.2, -0.15) is 0 Å². The molecule has 0 radical (unpaired) electrons. The molecule has 0 saturated carbocycles. The van der Waals surface area contributed by atoms with Crippen LogP contribution in [0, 0.1) is 11.3 Å². The molecule has 0 aromatic carbocycles. The monoisotopic (exact) mass is 308 g/mol. The van der Waals surface area contributed by atoms with Crippen molar-refractivity contribution in [1.82, 2.24) is 9.80 Å². The first-order valence-electron chi connectivity index (χ1n) is 8.23. The fraction of sp³-hybridized carbons (Fsp3) is 0.765. The van der Waals surface area contributed by atoms with E-state index in [0.717, 1.165) is 25.9 Å². The Labute approximate surface area is 133 Å². The van der Waals surface area contributed by atoms with Gasteiger partial charge in [0.05, 0.1) is 0 Å². The number of hydrogen-bond donors (Lipinski definition) is 1. The molecule has 1 N–H and O–H groups in total. The highest BCUT2D eigenvalue weighted by Crippen LogP contribution is 2.34. The summed E-state index contributed by atoms with van der Waals surface area (Å²) in [5, 5.41) is 9.60. The number of hydrogen-bond acceptors (Lipinski definition) is 3. The lowest BCUT2D eigenvalue weighted by Gasteiger charge is -2.38. The summed E-state index contributed by atoms with van der Waals surface area (Å²) in [5.74, 6) is 0.674. The summed E-state index contributed by atoms with van der Waals surface area (Å²) in [6.07, 6.45) is 5.21. The van der Waals surface area contributed by atoms with Crippen molar-refractivity contribution in [3.05, 3.63) is 12.2 Å². The summed E-state index contributed by atoms with van der Waals surface area (Å²) in [5.41, 5.74) is 0.314. The summed E-state index contributed by atoms with van der Waals surface area (Å²) in [7, 11) is 0. The van der Waals surface area contributed by atoms with Crippen LogP contribution in [0.5, 0.6) is 0 Å². The van der Waals surface area contributed by atoms with Crippen LogP contribution in [-0.4, -0.2) is 52.6 Å². The number of aliphatic hydroxyl groups is 1. The third kappa shape index (κ3) is 4.09. The quantitative estimate of drug-likeness (QED) is 0.861. The minimum Gasteiger partial charge on any atom is -0.370 e. The molecule has 5 nitrogen and oxygen atoms in total. The molecule has 22 heavy (non-hydrogen) atoms. The fourth-order valence-corrected chi connectivity index (χ4v) is 3.29. The van der Waals surface area contributed by atoms with Crippen LogP contribution < -0.4 is 0 Å². The summed E-state index contributed by atoms with van der Waals surface area (Å²) < 4.78 is 0. The van der Waals surface area contributed by atoms with Crippen molar-refractivity contribution in [2.24, 2.45) is 11.3 Å². The lowest BCUT2D eigenvalue weighted by molar-refractivity contribution is -0.135. The molecule has 5 heteroatoms. The number of nitrogens with zero attached hydrogens (tertiary/aromatic N) is 2. The van der Waals surface area contributed by atoms with E-state index in [-0.39, 0.29) is 11.8 Å². The van der Waals surface area contributed by atoms with Crippen molar-refractivity contribution in [2.75, 3.05) is 19.6 Å². The smallest absolute Gasteiger partial charge is 0.248 e. The maximum Gasteiger partial charge on any atom is 0.248 e. The highest BCUT2D eigenvalue weighted by atomic mass is 16.3. The Balaban J connectivity index is 1.69. The van der Waals surface area contributed by atoms with Crippen molar-refractivity contribution in [3.63, 3.8) is 0 Å². The average molecular weight is 308 g/mol. The van der Waals surface area contributed by atoms with Crippen LogP contribution >= 0.6 is 0 Å². The van der Waals surface area contributed by atoms with Crippen molar-refractivity contribution >= 4 is 11.8 Å². The summed E-state index contributed by atoms with van der Waals surface area (Å²) in [4.78, 5) is 27.0. The fourth-order valence-electron chi connectivity index (χ4n) is 3.29. The van der Waals surface area contributed by atoms with Gasteiger partial charge < -0.3 is 14.9 Å². The molecule has 0 aromatic heterocycles. The maximum atomic E-state index is 12.2. The van der Waals surface area contributed by atoms with Gasteiger partial charge in [-0.25, -0.2) is 0 Å². The number of amides is 2. The van der Waals surface area contributed by atoms with Crippen LogP contribution in [0.15, 0.2) is 12.2 Å². The molecule has 124 valence electrons. The number of aliphatic hydroxyl groups excluding tert-OH is 1. The topological polar surface area (TPSA) is 60.9 Å². The van der Waals surface area contributed by atoms with Crippen molar-refractivity contribution < 1.29 is 14.7 Å². The van der Waals surface area contributed by atoms with E-state index in [1.165, 1.54) is 17.1 Å². The third-order valence-electron chi connectivity index (χ3n) is 4.88. The van der Waals surface area contributed by atoms with Gasteiger partial charge in [0.25, 0.3) is 0 Å². The van der Waals surface area contributed by atoms with E-state index < -0.39 is 6.23 Å². The Morgan fingerprint density at radius 1 is 1.32 bits per heavy atom. The molecule has 0 spiro atoms. The predicted molar refractivity (Wildman–Crippen MR) is 84.9 cm³/mol. The molecule has 1 unspecified atom stereocenters. The largest absolute Gasteiger partial charge is 0.370 e. The minimum absolute atomic E-state index is 0.168. The molecule has 2 rings (SSSR count). The average Bonchev–Trinajstić information content (AvgIpc) is 2.78. The molecule has 0 aromatic rings. The van der Waals surface area contributed by atoms with Gasteiger partial charge in [-0.15, -0.1) is 0 Å². The first-order valence-corrected chi connectivity index (χ1v) is 8.23. The highest BCUT2D eigenvalue weighted by molar-refractivity contribution is 5.90. The molecule has 1 saturated heterocycles. The van der Waals surface area contributed by atoms with E-state index in [4.69, 9.17) is 0 Å². The Morgan fingerprint density at radius 3 is 2.45 bits per heavy atom. The first-order chi connectivity index (χ1) is 10.3. The number of carbonyl (C=O) groups excluding carboxylic acids is 2. The standard InChI is InChI=1S/C17H28N2O3/c1-17(2,3)13-8-11-18(12-9-13)14(20)5-4-10-19-15(21)6-7-16(19)22/h6-7,13,15,21H,4-5,8-12H2,1-3H3. The second-order valence-electron chi connectivity index (χ2n) is 7.43. The van der Waals surface area contributed by atoms with E-state index in [9.17, 15) is 14.7 Å². The molecule has 0 bridgehead atoms. The van der Waals surface area contributed by atoms with E-state index in [1.807, 2.05) is 4.90 Å². The second kappa shape index (κ2) is 6.82. The Hall–Kier alpha value is -1.36. The molecule has 1 fully saturated rings. The van der Waals surface area contributed by atoms with Crippen LogP contribution in [0.1, 0.15) is 46.5 Å². The molecule has 2 amide bonds. The number of carbonyl (C=O) groups is 2. The molecule has 0 aliphatic carbocycles. The van der Waals surface area contributed by atoms with Crippen molar-refractivity contribution in [2.45, 2.75) is 52.7 Å². The molecule has 2 heterocycles. The minimum atomic E-state index is -0.829. The van der Waals surface area contributed by atoms with E-state index >= 15 is 0 Å². The molecule has 1 atom stereocenters. The highest BCUT2D eigenvalue weighted by Gasteiger charge is 2.30. The van der Waals surface area contributed by atoms with Gasteiger partial charge in [-0.3, -0.25) is 9.59 Å². The maximum absolute atomic E-state index is 12.2. The lowest BCUT2D eigenvalue weighted by atomic mass is 9.75. The zero-order chi connectivity index (χ0) is 16.3. The molecular formula is C17H28N2O3. The Morgan fingerprint density at radius 2 is 1.95 bits per heavy atom. The normalized spacial score (nSPS) is 23.5. The van der Waals surface area contributed by atoms with Crippen LogP contribution in [0.3, 0.4) is 0 Å². The molecule has 2 aliphatic rings. The molecule has 2 aliphatic heterocycles. The summed E-state index contributed by atoms with van der Waals surface area (Å²) in [6, 6.07) is 0. The van der Waals surface area contributed by atoms with Gasteiger partial charge in [0.1, 0.15) is 6.23 Å². The molecular weight excluding hydrogens is 280 g/mol. The van der Waals surface area contributed by atoms with Gasteiger partial charge in [-0.1, -0.05) is 20.8 Å². The van der Waals surface area contributed by atoms with Crippen molar-refractivity contribution in [1.29, 1.82) is 0 Å². The van der Waals surface area contributed by atoms with E-state index in [0.29, 0.717) is 30.7 Å².